The van der Waals surface area contributed by atoms with Gasteiger partial charge in [0.15, 0.2) is 5.75 Å². The number of amides is 2. The Hall–Kier alpha value is -3.47. The van der Waals surface area contributed by atoms with Crippen molar-refractivity contribution in [2.75, 3.05) is 37.6 Å². The zero-order chi connectivity index (χ0) is 30.3. The van der Waals surface area contributed by atoms with Gasteiger partial charge in [-0.1, -0.05) is 23.2 Å². The lowest BCUT2D eigenvalue weighted by Gasteiger charge is -2.32. The summed E-state index contributed by atoms with van der Waals surface area (Å²) in [7, 11) is 0. The molecule has 0 saturated carbocycles. The summed E-state index contributed by atoms with van der Waals surface area (Å²) in [6.45, 7) is 7.99. The number of hydrogen-bond acceptors (Lipinski definition) is 8. The number of aromatic nitrogens is 3. The summed E-state index contributed by atoms with van der Waals surface area (Å²) in [6, 6.07) is 9.55. The molecule has 5 rings (SSSR count). The van der Waals surface area contributed by atoms with Gasteiger partial charge < -0.3 is 20.3 Å². The Morgan fingerprint density at radius 3 is 2.21 bits per heavy atom. The summed E-state index contributed by atoms with van der Waals surface area (Å²) in [6.07, 6.45) is 7.07. The number of piperidine rings is 2. The minimum absolute atomic E-state index is 0.00114. The van der Waals surface area contributed by atoms with Gasteiger partial charge in [-0.3, -0.25) is 14.5 Å². The van der Waals surface area contributed by atoms with E-state index >= 15 is 0 Å². The quantitative estimate of drug-likeness (QED) is 0.338. The van der Waals surface area contributed by atoms with Gasteiger partial charge in [-0.15, -0.1) is 0 Å². The van der Waals surface area contributed by atoms with E-state index in [1.165, 1.54) is 0 Å². The van der Waals surface area contributed by atoms with Crippen LogP contribution in [0, 0.1) is 5.92 Å². The second-order valence-corrected chi connectivity index (χ2v) is 12.2. The lowest BCUT2D eigenvalue weighted by Crippen LogP contribution is -2.44. The highest BCUT2D eigenvalue weighted by atomic mass is 35.5. The Labute approximate surface area is 262 Å². The third-order valence-corrected chi connectivity index (χ3v) is 8.23. The van der Waals surface area contributed by atoms with E-state index in [0.717, 1.165) is 76.1 Å². The summed E-state index contributed by atoms with van der Waals surface area (Å²) >= 11 is 12.6. The molecule has 2 aliphatic rings. The van der Waals surface area contributed by atoms with E-state index in [4.69, 9.17) is 32.9 Å². The Morgan fingerprint density at radius 1 is 0.907 bits per heavy atom. The summed E-state index contributed by atoms with van der Waals surface area (Å²) in [5.74, 6) is 2.05. The molecule has 2 amide bonds. The maximum atomic E-state index is 11.4. The van der Waals surface area contributed by atoms with Crippen LogP contribution in [0.2, 0.25) is 10.0 Å². The second kappa shape index (κ2) is 14.3. The number of rotatable bonds is 9. The fraction of sp³-hybridized carbons (Fsp3) is 0.452. The van der Waals surface area contributed by atoms with Crippen molar-refractivity contribution in [2.24, 2.45) is 5.92 Å². The average molecular weight is 627 g/mol. The number of carbonyl (C=O) groups is 2. The monoisotopic (exact) mass is 625 g/mol. The molecule has 10 nitrogen and oxygen atoms in total. The number of halogens is 2. The summed E-state index contributed by atoms with van der Waals surface area (Å²) in [4.78, 5) is 41.0. The minimum atomic E-state index is -0.00114. The third kappa shape index (κ3) is 9.01. The Bertz CT molecular complexity index is 1400. The number of carbonyl (C=O) groups excluding carboxylic acids is 2. The van der Waals surface area contributed by atoms with Crippen LogP contribution in [0.25, 0.3) is 11.3 Å². The van der Waals surface area contributed by atoms with Gasteiger partial charge >= 0.3 is 0 Å². The lowest BCUT2D eigenvalue weighted by atomic mass is 9.96. The Kier molecular flexibility index (Phi) is 10.3. The first-order valence-corrected chi connectivity index (χ1v) is 15.4. The number of nitrogens with zero attached hydrogens (tertiary/aromatic N) is 5. The summed E-state index contributed by atoms with van der Waals surface area (Å²) < 4.78 is 6.18. The highest BCUT2D eigenvalue weighted by Gasteiger charge is 2.22. The van der Waals surface area contributed by atoms with Crippen molar-refractivity contribution < 1.29 is 14.3 Å². The van der Waals surface area contributed by atoms with Crippen molar-refractivity contribution >= 4 is 41.0 Å². The SMILES string of the molecule is CC(=O)NCC1CCN(Cc2cc(Oc3cnc(N4CCC(NC(C)=O)CC4)nc3)nc(-c3cc(Cl)cc(Cl)c3)c2)CC1. The molecule has 2 N–H and O–H groups in total. The van der Waals surface area contributed by atoms with E-state index in [2.05, 4.69) is 30.4 Å². The van der Waals surface area contributed by atoms with Crippen LogP contribution in [0.1, 0.15) is 45.1 Å². The zero-order valence-electron chi connectivity index (χ0n) is 24.5. The van der Waals surface area contributed by atoms with Gasteiger partial charge in [-0.25, -0.2) is 15.0 Å². The Morgan fingerprint density at radius 2 is 1.58 bits per heavy atom. The van der Waals surface area contributed by atoms with Crippen LogP contribution in [-0.4, -0.2) is 70.4 Å². The molecule has 2 saturated heterocycles. The maximum absolute atomic E-state index is 11.4. The molecule has 0 unspecified atom stereocenters. The molecule has 3 aromatic rings. The van der Waals surface area contributed by atoms with Crippen LogP contribution < -0.4 is 20.3 Å². The molecule has 0 spiro atoms. The van der Waals surface area contributed by atoms with E-state index < -0.39 is 0 Å². The number of hydrogen-bond donors (Lipinski definition) is 2. The number of likely N-dealkylation sites (tertiary alicyclic amines) is 1. The molecule has 2 aliphatic heterocycles. The first-order valence-electron chi connectivity index (χ1n) is 14.7. The van der Waals surface area contributed by atoms with Crippen LogP contribution in [0.15, 0.2) is 42.7 Å². The highest BCUT2D eigenvalue weighted by molar-refractivity contribution is 6.35. The summed E-state index contributed by atoms with van der Waals surface area (Å²) in [5, 5.41) is 7.00. The van der Waals surface area contributed by atoms with Gasteiger partial charge in [0.25, 0.3) is 0 Å². The van der Waals surface area contributed by atoms with E-state index in [1.54, 1.807) is 32.3 Å². The molecular formula is C31H37Cl2N7O3. The van der Waals surface area contributed by atoms with Crippen molar-refractivity contribution in [2.45, 2.75) is 52.1 Å². The molecule has 12 heteroatoms. The highest BCUT2D eigenvalue weighted by Crippen LogP contribution is 2.31. The van der Waals surface area contributed by atoms with Gasteiger partial charge in [-0.2, -0.15) is 0 Å². The molecule has 43 heavy (non-hydrogen) atoms. The predicted molar refractivity (Wildman–Crippen MR) is 168 cm³/mol. The molecule has 1 aromatic carbocycles. The van der Waals surface area contributed by atoms with Crippen molar-refractivity contribution in [1.82, 2.24) is 30.5 Å². The smallest absolute Gasteiger partial charge is 0.225 e. The molecule has 2 aromatic heterocycles. The number of benzene rings is 1. The molecule has 4 heterocycles. The first kappa shape index (κ1) is 31.0. The molecule has 0 atom stereocenters. The van der Waals surface area contributed by atoms with Crippen molar-refractivity contribution in [3.8, 4) is 22.9 Å². The van der Waals surface area contributed by atoms with Gasteiger partial charge in [0.2, 0.25) is 23.6 Å². The fourth-order valence-corrected chi connectivity index (χ4v) is 6.13. The largest absolute Gasteiger partial charge is 0.436 e. The van der Waals surface area contributed by atoms with Crippen molar-refractivity contribution in [3.05, 3.63) is 58.3 Å². The van der Waals surface area contributed by atoms with Crippen LogP contribution in [0.5, 0.6) is 11.6 Å². The standard InChI is InChI=1S/C31H37Cl2N7O3/c1-20(41)34-16-22-3-7-39(8-4-22)19-23-11-29(24-13-25(32)15-26(33)14-24)38-30(12-23)43-28-17-35-31(36-18-28)40-9-5-27(6-10-40)37-21(2)42/h11-15,17-18,22,27H,3-10,16,19H2,1-2H3,(H,34,41)(H,37,42). The Balaban J connectivity index is 1.29. The van der Waals surface area contributed by atoms with Crippen molar-refractivity contribution in [3.63, 3.8) is 0 Å². The molecule has 0 radical (unpaired) electrons. The van der Waals surface area contributed by atoms with Crippen molar-refractivity contribution in [1.29, 1.82) is 0 Å². The molecule has 2 fully saturated rings. The van der Waals surface area contributed by atoms with Crippen LogP contribution >= 0.6 is 23.2 Å². The minimum Gasteiger partial charge on any atom is -0.436 e. The van der Waals surface area contributed by atoms with E-state index in [-0.39, 0.29) is 17.9 Å². The van der Waals surface area contributed by atoms with Crippen LogP contribution in [-0.2, 0) is 16.1 Å². The van der Waals surface area contributed by atoms with Gasteiger partial charge in [0, 0.05) is 67.7 Å². The number of ether oxygens (including phenoxy) is 1. The maximum Gasteiger partial charge on any atom is 0.225 e. The van der Waals surface area contributed by atoms with Gasteiger partial charge in [0.05, 0.1) is 18.1 Å². The number of nitrogens with one attached hydrogen (secondary N) is 2. The van der Waals surface area contributed by atoms with E-state index in [1.807, 2.05) is 24.3 Å². The van der Waals surface area contributed by atoms with Gasteiger partial charge in [-0.05, 0) is 74.5 Å². The topological polar surface area (TPSA) is 113 Å². The number of anilines is 1. The average Bonchev–Trinajstić information content (AvgIpc) is 2.97. The zero-order valence-corrected chi connectivity index (χ0v) is 26.0. The van der Waals surface area contributed by atoms with E-state index in [9.17, 15) is 9.59 Å². The lowest BCUT2D eigenvalue weighted by molar-refractivity contribution is -0.120. The molecule has 0 bridgehead atoms. The molecule has 228 valence electrons. The predicted octanol–water partition coefficient (Wildman–Crippen LogP) is 5.09. The van der Waals surface area contributed by atoms with E-state index in [0.29, 0.717) is 39.2 Å². The molecular weight excluding hydrogens is 589 g/mol. The third-order valence-electron chi connectivity index (χ3n) is 7.80. The molecule has 0 aliphatic carbocycles. The summed E-state index contributed by atoms with van der Waals surface area (Å²) in [5.41, 5.74) is 2.56. The normalized spacial score (nSPS) is 16.6. The van der Waals surface area contributed by atoms with Gasteiger partial charge in [0.1, 0.15) is 0 Å². The number of pyridine rings is 1. The van der Waals surface area contributed by atoms with Crippen LogP contribution in [0.4, 0.5) is 5.95 Å². The fourth-order valence-electron chi connectivity index (χ4n) is 5.60. The second-order valence-electron chi connectivity index (χ2n) is 11.3. The van der Waals surface area contributed by atoms with Crippen LogP contribution in [0.3, 0.4) is 0 Å². The first-order chi connectivity index (χ1) is 20.7.